The smallest absolute Gasteiger partial charge is 0.315 e. The number of ether oxygens (including phenoxy) is 2. The van der Waals surface area contributed by atoms with Crippen LogP contribution >= 0.6 is 0 Å². The summed E-state index contributed by atoms with van der Waals surface area (Å²) >= 11 is 0. The Morgan fingerprint density at radius 3 is 2.30 bits per heavy atom. The van der Waals surface area contributed by atoms with Gasteiger partial charge in [0.2, 0.25) is 0 Å². The van der Waals surface area contributed by atoms with Crippen LogP contribution in [-0.2, 0) is 11.2 Å². The van der Waals surface area contributed by atoms with Gasteiger partial charge in [0.1, 0.15) is 0 Å². The molecule has 0 aliphatic carbocycles. The Labute approximate surface area is 232 Å². The van der Waals surface area contributed by atoms with Crippen LogP contribution in [0.3, 0.4) is 0 Å². The van der Waals surface area contributed by atoms with E-state index in [2.05, 4.69) is 15.8 Å². The van der Waals surface area contributed by atoms with Crippen molar-refractivity contribution in [3.8, 4) is 11.5 Å². The van der Waals surface area contributed by atoms with E-state index < -0.39 is 11.9 Å². The SMILES string of the molecule is CCOc1cc(/C=N\NC(=O)c2ccc(NC(=O)c3cccc(C)c3)cc2)ccc1OC(=O)Cc1ccccc1. The van der Waals surface area contributed by atoms with Gasteiger partial charge < -0.3 is 14.8 Å². The van der Waals surface area contributed by atoms with Gasteiger partial charge in [-0.1, -0.05) is 48.0 Å². The minimum absolute atomic E-state index is 0.141. The summed E-state index contributed by atoms with van der Waals surface area (Å²) < 4.78 is 11.2. The first-order chi connectivity index (χ1) is 19.4. The van der Waals surface area contributed by atoms with Crippen LogP contribution in [0, 0.1) is 6.92 Å². The molecule has 4 aromatic rings. The number of carbonyl (C=O) groups excluding carboxylic acids is 3. The van der Waals surface area contributed by atoms with Gasteiger partial charge in [-0.15, -0.1) is 0 Å². The van der Waals surface area contributed by atoms with Crippen molar-refractivity contribution in [2.45, 2.75) is 20.3 Å². The Morgan fingerprint density at radius 2 is 1.57 bits per heavy atom. The molecule has 4 aromatic carbocycles. The Kier molecular flexibility index (Phi) is 9.39. The molecular formula is C32H29N3O5. The van der Waals surface area contributed by atoms with Crippen LogP contribution in [-0.4, -0.2) is 30.6 Å². The van der Waals surface area contributed by atoms with E-state index >= 15 is 0 Å². The van der Waals surface area contributed by atoms with Gasteiger partial charge in [-0.25, -0.2) is 5.43 Å². The fraction of sp³-hybridized carbons (Fsp3) is 0.125. The highest BCUT2D eigenvalue weighted by atomic mass is 16.6. The molecular weight excluding hydrogens is 506 g/mol. The van der Waals surface area contributed by atoms with E-state index in [1.54, 1.807) is 54.6 Å². The van der Waals surface area contributed by atoms with Crippen molar-refractivity contribution in [3.05, 3.63) is 125 Å². The van der Waals surface area contributed by atoms with Gasteiger partial charge in [-0.05, 0) is 79.6 Å². The Bertz CT molecular complexity index is 1520. The highest BCUT2D eigenvalue weighted by Gasteiger charge is 2.12. The summed E-state index contributed by atoms with van der Waals surface area (Å²) in [4.78, 5) is 37.3. The molecule has 0 saturated heterocycles. The minimum atomic E-state index is -0.413. The Hall–Kier alpha value is -5.24. The number of hydrogen-bond donors (Lipinski definition) is 2. The summed E-state index contributed by atoms with van der Waals surface area (Å²) in [6, 6.07) is 28.1. The van der Waals surface area contributed by atoms with E-state index in [9.17, 15) is 14.4 Å². The summed E-state index contributed by atoms with van der Waals surface area (Å²) in [6.07, 6.45) is 1.61. The topological polar surface area (TPSA) is 106 Å². The van der Waals surface area contributed by atoms with E-state index in [1.165, 1.54) is 6.21 Å². The third-order valence-electron chi connectivity index (χ3n) is 5.75. The van der Waals surface area contributed by atoms with Crippen molar-refractivity contribution in [2.24, 2.45) is 5.10 Å². The molecule has 0 radical (unpaired) electrons. The molecule has 202 valence electrons. The second-order valence-electron chi connectivity index (χ2n) is 8.88. The normalized spacial score (nSPS) is 10.7. The first kappa shape index (κ1) is 27.8. The van der Waals surface area contributed by atoms with Crippen molar-refractivity contribution in [2.75, 3.05) is 11.9 Å². The number of carbonyl (C=O) groups is 3. The van der Waals surface area contributed by atoms with Gasteiger partial charge >= 0.3 is 5.97 Å². The summed E-state index contributed by atoms with van der Waals surface area (Å²) in [6.45, 7) is 4.13. The number of esters is 1. The number of hydrazone groups is 1. The number of nitrogens with zero attached hydrogens (tertiary/aromatic N) is 1. The quantitative estimate of drug-likeness (QED) is 0.120. The number of nitrogens with one attached hydrogen (secondary N) is 2. The van der Waals surface area contributed by atoms with E-state index in [1.807, 2.05) is 56.3 Å². The Balaban J connectivity index is 1.33. The molecule has 4 rings (SSSR count). The maximum atomic E-state index is 12.5. The van der Waals surface area contributed by atoms with Crippen LogP contribution in [0.2, 0.25) is 0 Å². The molecule has 0 saturated carbocycles. The van der Waals surface area contributed by atoms with Crippen molar-refractivity contribution < 1.29 is 23.9 Å². The lowest BCUT2D eigenvalue weighted by Crippen LogP contribution is -2.18. The number of benzene rings is 4. The maximum Gasteiger partial charge on any atom is 0.315 e. The fourth-order valence-electron chi connectivity index (χ4n) is 3.80. The predicted molar refractivity (Wildman–Crippen MR) is 154 cm³/mol. The van der Waals surface area contributed by atoms with Crippen molar-refractivity contribution in [1.82, 2.24) is 5.43 Å². The number of rotatable bonds is 10. The second-order valence-corrected chi connectivity index (χ2v) is 8.88. The van der Waals surface area contributed by atoms with Gasteiger partial charge in [0.15, 0.2) is 11.5 Å². The molecule has 0 aliphatic heterocycles. The number of amides is 2. The van der Waals surface area contributed by atoms with Gasteiger partial charge in [-0.2, -0.15) is 5.10 Å². The van der Waals surface area contributed by atoms with Crippen LogP contribution < -0.4 is 20.2 Å². The first-order valence-electron chi connectivity index (χ1n) is 12.7. The highest BCUT2D eigenvalue weighted by molar-refractivity contribution is 6.04. The molecule has 2 amide bonds. The zero-order chi connectivity index (χ0) is 28.3. The number of hydrogen-bond acceptors (Lipinski definition) is 6. The van der Waals surface area contributed by atoms with Crippen LogP contribution in [0.25, 0.3) is 0 Å². The minimum Gasteiger partial charge on any atom is -0.490 e. The van der Waals surface area contributed by atoms with Crippen LogP contribution in [0.5, 0.6) is 11.5 Å². The van der Waals surface area contributed by atoms with Crippen LogP contribution in [0.15, 0.2) is 102 Å². The molecule has 40 heavy (non-hydrogen) atoms. The average molecular weight is 536 g/mol. The Morgan fingerprint density at radius 1 is 0.800 bits per heavy atom. The van der Waals surface area contributed by atoms with Crippen molar-refractivity contribution in [1.29, 1.82) is 0 Å². The number of aryl methyl sites for hydroxylation is 1. The zero-order valence-corrected chi connectivity index (χ0v) is 22.2. The lowest BCUT2D eigenvalue weighted by molar-refractivity contribution is -0.133. The molecule has 0 spiro atoms. The van der Waals surface area contributed by atoms with Gasteiger partial charge in [0.25, 0.3) is 11.8 Å². The first-order valence-corrected chi connectivity index (χ1v) is 12.7. The van der Waals surface area contributed by atoms with Gasteiger partial charge in [0.05, 0.1) is 19.2 Å². The third kappa shape index (κ3) is 7.88. The number of anilines is 1. The standard InChI is InChI=1S/C32H29N3O5/c1-3-39-29-19-24(12-17-28(29)40-30(36)20-23-9-5-4-6-10-23)21-33-35-32(38)25-13-15-27(16-14-25)34-31(37)26-11-7-8-22(2)18-26/h4-19,21H,3,20H2,1-2H3,(H,34,37)(H,35,38)/b33-21-. The predicted octanol–water partition coefficient (Wildman–Crippen LogP) is 5.56. The lowest BCUT2D eigenvalue weighted by atomic mass is 10.1. The van der Waals surface area contributed by atoms with E-state index in [0.29, 0.717) is 40.5 Å². The average Bonchev–Trinajstić information content (AvgIpc) is 2.95. The molecule has 0 fully saturated rings. The molecule has 8 nitrogen and oxygen atoms in total. The monoisotopic (exact) mass is 535 g/mol. The van der Waals surface area contributed by atoms with Crippen molar-refractivity contribution >= 4 is 29.7 Å². The molecule has 0 bridgehead atoms. The van der Waals surface area contributed by atoms with E-state index in [-0.39, 0.29) is 12.3 Å². The lowest BCUT2D eigenvalue weighted by Gasteiger charge is -2.11. The van der Waals surface area contributed by atoms with Crippen LogP contribution in [0.4, 0.5) is 5.69 Å². The summed E-state index contributed by atoms with van der Waals surface area (Å²) in [5.74, 6) is -0.346. The zero-order valence-electron chi connectivity index (χ0n) is 22.2. The van der Waals surface area contributed by atoms with Crippen molar-refractivity contribution in [3.63, 3.8) is 0 Å². The highest BCUT2D eigenvalue weighted by Crippen LogP contribution is 2.28. The summed E-state index contributed by atoms with van der Waals surface area (Å²) in [7, 11) is 0. The maximum absolute atomic E-state index is 12.5. The van der Waals surface area contributed by atoms with Crippen LogP contribution in [0.1, 0.15) is 44.3 Å². The molecule has 0 atom stereocenters. The molecule has 0 heterocycles. The van der Waals surface area contributed by atoms with Gasteiger partial charge in [0, 0.05) is 16.8 Å². The fourth-order valence-corrected chi connectivity index (χ4v) is 3.80. The van der Waals surface area contributed by atoms with E-state index in [0.717, 1.165) is 11.1 Å². The second kappa shape index (κ2) is 13.5. The molecule has 0 unspecified atom stereocenters. The molecule has 0 aliphatic rings. The van der Waals surface area contributed by atoms with Gasteiger partial charge in [-0.3, -0.25) is 14.4 Å². The molecule has 8 heteroatoms. The summed E-state index contributed by atoms with van der Waals surface area (Å²) in [5, 5.41) is 6.84. The van der Waals surface area contributed by atoms with E-state index in [4.69, 9.17) is 9.47 Å². The molecule has 0 aromatic heterocycles. The molecule has 2 N–H and O–H groups in total. The third-order valence-corrected chi connectivity index (χ3v) is 5.75. The largest absolute Gasteiger partial charge is 0.490 e. The summed E-state index contributed by atoms with van der Waals surface area (Å²) in [5.41, 5.74) is 6.47.